The van der Waals surface area contributed by atoms with Gasteiger partial charge in [0.05, 0.1) is 0 Å². The highest BCUT2D eigenvalue weighted by Gasteiger charge is 2.28. The number of thioether (sulfide) groups is 1. The number of aromatic nitrogens is 1. The molecule has 1 aliphatic heterocycles. The van der Waals surface area contributed by atoms with Crippen LogP contribution >= 0.6 is 11.8 Å². The fourth-order valence-electron chi connectivity index (χ4n) is 2.95. The van der Waals surface area contributed by atoms with Crippen LogP contribution in [0.15, 0.2) is 31.0 Å². The Balaban J connectivity index is 1.54. The summed E-state index contributed by atoms with van der Waals surface area (Å²) in [6, 6.07) is 3.87. The van der Waals surface area contributed by atoms with E-state index in [0.717, 1.165) is 48.8 Å². The second kappa shape index (κ2) is 9.07. The molecule has 0 bridgehead atoms. The SMILES string of the molecule is C=CCN(CC1CC1)C(=O)C(=O)NCc1ccnc(N2CCSCC2)c1. The van der Waals surface area contributed by atoms with E-state index in [4.69, 9.17) is 0 Å². The van der Waals surface area contributed by atoms with Crippen molar-refractivity contribution in [3.05, 3.63) is 36.5 Å². The van der Waals surface area contributed by atoms with E-state index >= 15 is 0 Å². The second-order valence-corrected chi connectivity index (χ2v) is 7.97. The highest BCUT2D eigenvalue weighted by atomic mass is 32.2. The Hall–Kier alpha value is -2.02. The molecule has 2 amide bonds. The van der Waals surface area contributed by atoms with Gasteiger partial charge in [0, 0.05) is 50.4 Å². The van der Waals surface area contributed by atoms with E-state index < -0.39 is 11.8 Å². The van der Waals surface area contributed by atoms with Crippen molar-refractivity contribution in [1.82, 2.24) is 15.2 Å². The van der Waals surface area contributed by atoms with E-state index in [9.17, 15) is 9.59 Å². The minimum atomic E-state index is -0.555. The van der Waals surface area contributed by atoms with Crippen LogP contribution in [0.25, 0.3) is 0 Å². The van der Waals surface area contributed by atoms with Crippen molar-refractivity contribution in [3.63, 3.8) is 0 Å². The topological polar surface area (TPSA) is 65.5 Å². The Morgan fingerprint density at radius 2 is 2.15 bits per heavy atom. The maximum atomic E-state index is 12.4. The normalized spacial score (nSPS) is 16.8. The van der Waals surface area contributed by atoms with Gasteiger partial charge in [-0.1, -0.05) is 6.08 Å². The van der Waals surface area contributed by atoms with Crippen LogP contribution in [-0.4, -0.2) is 59.4 Å². The van der Waals surface area contributed by atoms with Gasteiger partial charge in [0.15, 0.2) is 0 Å². The van der Waals surface area contributed by atoms with Gasteiger partial charge in [-0.05, 0) is 36.5 Å². The van der Waals surface area contributed by atoms with Gasteiger partial charge >= 0.3 is 11.8 Å². The number of hydrogen-bond donors (Lipinski definition) is 1. The van der Waals surface area contributed by atoms with Crippen molar-refractivity contribution in [2.45, 2.75) is 19.4 Å². The quantitative estimate of drug-likeness (QED) is 0.581. The summed E-state index contributed by atoms with van der Waals surface area (Å²) in [6.07, 6.45) is 5.70. The molecular weight excluding hydrogens is 348 g/mol. The maximum Gasteiger partial charge on any atom is 0.312 e. The van der Waals surface area contributed by atoms with E-state index in [2.05, 4.69) is 21.8 Å². The number of pyridine rings is 1. The first kappa shape index (κ1) is 18.8. The maximum absolute atomic E-state index is 12.4. The van der Waals surface area contributed by atoms with Gasteiger partial charge in [0.25, 0.3) is 0 Å². The molecule has 2 heterocycles. The number of carbonyl (C=O) groups is 2. The van der Waals surface area contributed by atoms with Crippen molar-refractivity contribution in [2.75, 3.05) is 42.6 Å². The van der Waals surface area contributed by atoms with Crippen LogP contribution in [0, 0.1) is 5.92 Å². The molecule has 26 heavy (non-hydrogen) atoms. The third-order valence-corrected chi connectivity index (χ3v) is 5.55. The van der Waals surface area contributed by atoms with Crippen LogP contribution in [0.3, 0.4) is 0 Å². The third-order valence-electron chi connectivity index (χ3n) is 4.60. The van der Waals surface area contributed by atoms with Crippen molar-refractivity contribution >= 4 is 29.4 Å². The molecule has 140 valence electrons. The number of nitrogens with zero attached hydrogens (tertiary/aromatic N) is 3. The molecule has 0 radical (unpaired) electrons. The molecule has 1 aliphatic carbocycles. The minimum Gasteiger partial charge on any atom is -0.355 e. The molecular formula is C19H26N4O2S. The Bertz CT molecular complexity index is 657. The number of nitrogens with one attached hydrogen (secondary N) is 1. The van der Waals surface area contributed by atoms with Crippen molar-refractivity contribution in [1.29, 1.82) is 0 Å². The van der Waals surface area contributed by atoms with E-state index in [1.54, 1.807) is 17.2 Å². The number of anilines is 1. The molecule has 6 nitrogen and oxygen atoms in total. The van der Waals surface area contributed by atoms with Gasteiger partial charge < -0.3 is 15.1 Å². The lowest BCUT2D eigenvalue weighted by Crippen LogP contribution is -2.43. The molecule has 1 saturated carbocycles. The number of rotatable bonds is 7. The Morgan fingerprint density at radius 1 is 1.38 bits per heavy atom. The lowest BCUT2D eigenvalue weighted by molar-refractivity contribution is -0.145. The fraction of sp³-hybridized carbons (Fsp3) is 0.526. The lowest BCUT2D eigenvalue weighted by atomic mass is 10.2. The summed E-state index contributed by atoms with van der Waals surface area (Å²) in [5.41, 5.74) is 0.951. The van der Waals surface area contributed by atoms with Crippen LogP contribution in [0.1, 0.15) is 18.4 Å². The van der Waals surface area contributed by atoms with Gasteiger partial charge in [0.2, 0.25) is 0 Å². The molecule has 3 rings (SSSR count). The average Bonchev–Trinajstić information content (AvgIpc) is 3.50. The van der Waals surface area contributed by atoms with E-state index in [-0.39, 0.29) is 0 Å². The molecule has 0 unspecified atom stereocenters. The van der Waals surface area contributed by atoms with Gasteiger partial charge in [-0.3, -0.25) is 9.59 Å². The summed E-state index contributed by atoms with van der Waals surface area (Å²) in [4.78, 5) is 32.9. The van der Waals surface area contributed by atoms with Gasteiger partial charge in [-0.25, -0.2) is 4.98 Å². The predicted octanol–water partition coefficient (Wildman–Crippen LogP) is 1.68. The molecule has 1 N–H and O–H groups in total. The summed E-state index contributed by atoms with van der Waals surface area (Å²) < 4.78 is 0. The summed E-state index contributed by atoms with van der Waals surface area (Å²) in [7, 11) is 0. The van der Waals surface area contributed by atoms with Gasteiger partial charge in [-0.2, -0.15) is 11.8 Å². The molecule has 0 atom stereocenters. The molecule has 0 aromatic carbocycles. The van der Waals surface area contributed by atoms with Crippen molar-refractivity contribution in [2.24, 2.45) is 5.92 Å². The van der Waals surface area contributed by atoms with E-state index in [1.165, 1.54) is 0 Å². The standard InChI is InChI=1S/C19H26N4O2S/c1-2-7-23(14-15-3-4-15)19(25)18(24)21-13-16-5-6-20-17(12-16)22-8-10-26-11-9-22/h2,5-6,12,15H,1,3-4,7-11,13-14H2,(H,21,24). The Morgan fingerprint density at radius 3 is 2.85 bits per heavy atom. The zero-order chi connectivity index (χ0) is 18.4. The number of amides is 2. The first-order valence-electron chi connectivity index (χ1n) is 9.13. The van der Waals surface area contributed by atoms with Gasteiger partial charge in [0.1, 0.15) is 5.82 Å². The van der Waals surface area contributed by atoms with E-state index in [1.807, 2.05) is 23.9 Å². The van der Waals surface area contributed by atoms with Crippen LogP contribution < -0.4 is 10.2 Å². The molecule has 0 spiro atoms. The fourth-order valence-corrected chi connectivity index (χ4v) is 3.85. The zero-order valence-corrected chi connectivity index (χ0v) is 15.8. The number of hydrogen-bond acceptors (Lipinski definition) is 5. The highest BCUT2D eigenvalue weighted by molar-refractivity contribution is 7.99. The lowest BCUT2D eigenvalue weighted by Gasteiger charge is -2.27. The molecule has 2 aliphatic rings. The Labute approximate surface area is 159 Å². The summed E-state index contributed by atoms with van der Waals surface area (Å²) in [5.74, 6) is 2.66. The summed E-state index contributed by atoms with van der Waals surface area (Å²) in [6.45, 7) is 7.04. The predicted molar refractivity (Wildman–Crippen MR) is 105 cm³/mol. The molecule has 1 saturated heterocycles. The average molecular weight is 375 g/mol. The zero-order valence-electron chi connectivity index (χ0n) is 15.0. The highest BCUT2D eigenvalue weighted by Crippen LogP contribution is 2.29. The monoisotopic (exact) mass is 374 g/mol. The summed E-state index contributed by atoms with van der Waals surface area (Å²) in [5, 5.41) is 2.75. The van der Waals surface area contributed by atoms with E-state index in [0.29, 0.717) is 25.6 Å². The first-order chi connectivity index (χ1) is 12.7. The second-order valence-electron chi connectivity index (χ2n) is 6.75. The van der Waals surface area contributed by atoms with Crippen LogP contribution in [-0.2, 0) is 16.1 Å². The van der Waals surface area contributed by atoms with Crippen LogP contribution in [0.5, 0.6) is 0 Å². The smallest absolute Gasteiger partial charge is 0.312 e. The summed E-state index contributed by atoms with van der Waals surface area (Å²) >= 11 is 1.95. The molecule has 7 heteroatoms. The van der Waals surface area contributed by atoms with Crippen LogP contribution in [0.2, 0.25) is 0 Å². The largest absolute Gasteiger partial charge is 0.355 e. The Kier molecular flexibility index (Phi) is 6.55. The first-order valence-corrected chi connectivity index (χ1v) is 10.3. The number of carbonyl (C=O) groups excluding carboxylic acids is 2. The van der Waals surface area contributed by atoms with Gasteiger partial charge in [-0.15, -0.1) is 6.58 Å². The third kappa shape index (κ3) is 5.24. The van der Waals surface area contributed by atoms with Crippen molar-refractivity contribution < 1.29 is 9.59 Å². The minimum absolute atomic E-state index is 0.327. The molecule has 1 aromatic rings. The molecule has 2 fully saturated rings. The molecule has 1 aromatic heterocycles. The van der Waals surface area contributed by atoms with Crippen LogP contribution in [0.4, 0.5) is 5.82 Å². The van der Waals surface area contributed by atoms with Crippen molar-refractivity contribution in [3.8, 4) is 0 Å².